The van der Waals surface area contributed by atoms with Gasteiger partial charge < -0.3 is 10.6 Å². The lowest BCUT2D eigenvalue weighted by atomic mass is 9.92. The minimum atomic E-state index is -0.0776. The summed E-state index contributed by atoms with van der Waals surface area (Å²) in [6.45, 7) is 5.07. The van der Waals surface area contributed by atoms with Crippen molar-refractivity contribution in [1.82, 2.24) is 5.32 Å². The van der Waals surface area contributed by atoms with Crippen LogP contribution in [0.5, 0.6) is 0 Å². The van der Waals surface area contributed by atoms with E-state index in [9.17, 15) is 4.79 Å². The second-order valence-electron chi connectivity index (χ2n) is 5.02. The van der Waals surface area contributed by atoms with Gasteiger partial charge in [0.2, 0.25) is 5.91 Å². The number of rotatable bonds is 2. The SMILES string of the molecule is Cc1ccc(Br)c(NC(=O)C2NCCCC2C)c1. The van der Waals surface area contributed by atoms with Crippen LogP contribution in [0.1, 0.15) is 25.3 Å². The monoisotopic (exact) mass is 310 g/mol. The third-order valence-electron chi connectivity index (χ3n) is 3.43. The molecule has 2 atom stereocenters. The van der Waals surface area contributed by atoms with E-state index in [0.29, 0.717) is 5.92 Å². The van der Waals surface area contributed by atoms with E-state index in [1.807, 2.05) is 25.1 Å². The lowest BCUT2D eigenvalue weighted by Gasteiger charge is -2.29. The second kappa shape index (κ2) is 5.85. The predicted molar refractivity (Wildman–Crippen MR) is 77.7 cm³/mol. The molecule has 18 heavy (non-hydrogen) atoms. The van der Waals surface area contributed by atoms with E-state index in [1.54, 1.807) is 0 Å². The van der Waals surface area contributed by atoms with Crippen molar-refractivity contribution in [3.05, 3.63) is 28.2 Å². The van der Waals surface area contributed by atoms with Gasteiger partial charge in [-0.15, -0.1) is 0 Å². The van der Waals surface area contributed by atoms with Crippen LogP contribution in [-0.2, 0) is 4.79 Å². The van der Waals surface area contributed by atoms with Gasteiger partial charge in [0.15, 0.2) is 0 Å². The van der Waals surface area contributed by atoms with Crippen LogP contribution in [-0.4, -0.2) is 18.5 Å². The number of aryl methyl sites for hydroxylation is 1. The van der Waals surface area contributed by atoms with Crippen LogP contribution in [0, 0.1) is 12.8 Å². The number of halogens is 1. The summed E-state index contributed by atoms with van der Waals surface area (Å²) in [6.07, 6.45) is 2.26. The van der Waals surface area contributed by atoms with E-state index < -0.39 is 0 Å². The van der Waals surface area contributed by atoms with Crippen LogP contribution in [0.3, 0.4) is 0 Å². The number of nitrogens with one attached hydrogen (secondary N) is 2. The fraction of sp³-hybridized carbons (Fsp3) is 0.500. The molecule has 2 unspecified atom stereocenters. The highest BCUT2D eigenvalue weighted by Gasteiger charge is 2.27. The number of benzene rings is 1. The summed E-state index contributed by atoms with van der Waals surface area (Å²) in [4.78, 5) is 12.2. The highest BCUT2D eigenvalue weighted by atomic mass is 79.9. The molecule has 1 aromatic carbocycles. The molecule has 1 heterocycles. The average Bonchev–Trinajstić information content (AvgIpc) is 2.34. The Morgan fingerprint density at radius 1 is 1.50 bits per heavy atom. The Hall–Kier alpha value is -0.870. The van der Waals surface area contributed by atoms with Gasteiger partial charge in [-0.05, 0) is 65.9 Å². The van der Waals surface area contributed by atoms with E-state index in [1.165, 1.54) is 0 Å². The fourth-order valence-electron chi connectivity index (χ4n) is 2.35. The molecule has 1 aliphatic rings. The first-order chi connectivity index (χ1) is 8.58. The van der Waals surface area contributed by atoms with Crippen molar-refractivity contribution in [3.8, 4) is 0 Å². The molecule has 2 rings (SSSR count). The van der Waals surface area contributed by atoms with Crippen molar-refractivity contribution in [2.24, 2.45) is 5.92 Å². The van der Waals surface area contributed by atoms with Crippen LogP contribution in [0.25, 0.3) is 0 Å². The van der Waals surface area contributed by atoms with Gasteiger partial charge in [-0.1, -0.05) is 13.0 Å². The summed E-state index contributed by atoms with van der Waals surface area (Å²) < 4.78 is 0.921. The molecule has 0 aliphatic carbocycles. The predicted octanol–water partition coefficient (Wildman–Crippen LogP) is 3.08. The molecule has 98 valence electrons. The number of piperidine rings is 1. The molecule has 4 heteroatoms. The molecule has 1 saturated heterocycles. The minimum Gasteiger partial charge on any atom is -0.324 e. The van der Waals surface area contributed by atoms with Crippen LogP contribution in [0.2, 0.25) is 0 Å². The van der Waals surface area contributed by atoms with Crippen LogP contribution in [0.4, 0.5) is 5.69 Å². The second-order valence-corrected chi connectivity index (χ2v) is 5.88. The molecular formula is C14H19BrN2O. The molecule has 1 amide bonds. The van der Waals surface area contributed by atoms with Gasteiger partial charge in [0.1, 0.15) is 0 Å². The summed E-state index contributed by atoms with van der Waals surface area (Å²) in [6, 6.07) is 5.88. The molecule has 0 bridgehead atoms. The van der Waals surface area contributed by atoms with Crippen molar-refractivity contribution >= 4 is 27.5 Å². The Morgan fingerprint density at radius 2 is 2.28 bits per heavy atom. The first kappa shape index (κ1) is 13.6. The number of carbonyl (C=O) groups excluding carboxylic acids is 1. The molecule has 1 aromatic rings. The maximum atomic E-state index is 12.2. The Kier molecular flexibility index (Phi) is 4.40. The van der Waals surface area contributed by atoms with E-state index in [0.717, 1.165) is 35.1 Å². The average molecular weight is 311 g/mol. The lowest BCUT2D eigenvalue weighted by molar-refractivity contribution is -0.119. The summed E-state index contributed by atoms with van der Waals surface area (Å²) in [7, 11) is 0. The number of hydrogen-bond donors (Lipinski definition) is 2. The Labute approximate surface area is 116 Å². The standard InChI is InChI=1S/C14H19BrN2O/c1-9-5-6-11(15)12(8-9)17-14(18)13-10(2)4-3-7-16-13/h5-6,8,10,13,16H,3-4,7H2,1-2H3,(H,17,18). The van der Waals surface area contributed by atoms with Gasteiger partial charge in [-0.2, -0.15) is 0 Å². The normalized spacial score (nSPS) is 23.7. The van der Waals surface area contributed by atoms with Crippen molar-refractivity contribution in [1.29, 1.82) is 0 Å². The van der Waals surface area contributed by atoms with Gasteiger partial charge in [0.05, 0.1) is 11.7 Å². The highest BCUT2D eigenvalue weighted by molar-refractivity contribution is 9.10. The maximum Gasteiger partial charge on any atom is 0.241 e. The first-order valence-electron chi connectivity index (χ1n) is 6.38. The van der Waals surface area contributed by atoms with Gasteiger partial charge in [-0.3, -0.25) is 4.79 Å². The van der Waals surface area contributed by atoms with Crippen molar-refractivity contribution < 1.29 is 4.79 Å². The first-order valence-corrected chi connectivity index (χ1v) is 7.17. The van der Waals surface area contributed by atoms with Gasteiger partial charge in [0.25, 0.3) is 0 Å². The molecule has 1 fully saturated rings. The van der Waals surface area contributed by atoms with E-state index in [-0.39, 0.29) is 11.9 Å². The molecule has 2 N–H and O–H groups in total. The third kappa shape index (κ3) is 3.12. The van der Waals surface area contributed by atoms with E-state index >= 15 is 0 Å². The molecular weight excluding hydrogens is 292 g/mol. The summed E-state index contributed by atoms with van der Waals surface area (Å²) in [5, 5.41) is 6.30. The van der Waals surface area contributed by atoms with Gasteiger partial charge in [-0.25, -0.2) is 0 Å². The maximum absolute atomic E-state index is 12.2. The molecule has 3 nitrogen and oxygen atoms in total. The van der Waals surface area contributed by atoms with Crippen LogP contribution >= 0.6 is 15.9 Å². The Morgan fingerprint density at radius 3 is 3.00 bits per heavy atom. The summed E-state index contributed by atoms with van der Waals surface area (Å²) >= 11 is 3.46. The van der Waals surface area contributed by atoms with Crippen molar-refractivity contribution in [2.75, 3.05) is 11.9 Å². The van der Waals surface area contributed by atoms with Crippen LogP contribution in [0.15, 0.2) is 22.7 Å². The molecule has 0 aromatic heterocycles. The highest BCUT2D eigenvalue weighted by Crippen LogP contribution is 2.24. The van der Waals surface area contributed by atoms with Crippen molar-refractivity contribution in [2.45, 2.75) is 32.7 Å². The zero-order valence-electron chi connectivity index (χ0n) is 10.8. The number of carbonyl (C=O) groups is 1. The Balaban J connectivity index is 2.08. The number of anilines is 1. The van der Waals surface area contributed by atoms with Gasteiger partial charge in [0, 0.05) is 4.47 Å². The van der Waals surface area contributed by atoms with E-state index in [4.69, 9.17) is 0 Å². The van der Waals surface area contributed by atoms with Gasteiger partial charge >= 0.3 is 0 Å². The minimum absolute atomic E-state index is 0.0634. The molecule has 0 saturated carbocycles. The molecule has 1 aliphatic heterocycles. The lowest BCUT2D eigenvalue weighted by Crippen LogP contribution is -2.48. The van der Waals surface area contributed by atoms with Crippen LogP contribution < -0.4 is 10.6 Å². The largest absolute Gasteiger partial charge is 0.324 e. The third-order valence-corrected chi connectivity index (χ3v) is 4.12. The zero-order chi connectivity index (χ0) is 13.1. The summed E-state index contributed by atoms with van der Waals surface area (Å²) in [5.74, 6) is 0.454. The molecule has 0 spiro atoms. The topological polar surface area (TPSA) is 41.1 Å². The van der Waals surface area contributed by atoms with E-state index in [2.05, 4.69) is 33.5 Å². The smallest absolute Gasteiger partial charge is 0.241 e. The number of hydrogen-bond acceptors (Lipinski definition) is 2. The quantitative estimate of drug-likeness (QED) is 0.881. The van der Waals surface area contributed by atoms with Crippen molar-refractivity contribution in [3.63, 3.8) is 0 Å². The number of amides is 1. The Bertz CT molecular complexity index is 447. The fourth-order valence-corrected chi connectivity index (χ4v) is 2.69. The molecule has 0 radical (unpaired) electrons. The summed E-state index contributed by atoms with van der Waals surface area (Å²) in [5.41, 5.74) is 1.98. The zero-order valence-corrected chi connectivity index (χ0v) is 12.4.